The SMILES string of the molecule is Clc1cccc(Cl)c1CCCC=Cc1ncc[nH]1. The van der Waals surface area contributed by atoms with Gasteiger partial charge in [-0.15, -0.1) is 0 Å². The van der Waals surface area contributed by atoms with Crippen LogP contribution in [0, 0.1) is 0 Å². The molecular formula is C14H14Cl2N2. The molecule has 0 amide bonds. The molecule has 1 aromatic heterocycles. The normalized spacial score (nSPS) is 11.2. The van der Waals surface area contributed by atoms with E-state index in [9.17, 15) is 0 Å². The van der Waals surface area contributed by atoms with E-state index in [0.29, 0.717) is 0 Å². The molecule has 0 saturated heterocycles. The van der Waals surface area contributed by atoms with Gasteiger partial charge in [0, 0.05) is 22.4 Å². The Bertz CT molecular complexity index is 498. The standard InChI is InChI=1S/C14H14Cl2N2/c15-12-6-4-7-13(16)11(12)5-2-1-3-8-14-17-9-10-18-14/h3-4,6-10H,1-2,5H2,(H,17,18). The monoisotopic (exact) mass is 280 g/mol. The summed E-state index contributed by atoms with van der Waals surface area (Å²) in [5.74, 6) is 0.880. The largest absolute Gasteiger partial charge is 0.345 e. The Morgan fingerprint density at radius 1 is 1.22 bits per heavy atom. The predicted octanol–water partition coefficient (Wildman–Crippen LogP) is 4.75. The Morgan fingerprint density at radius 3 is 2.67 bits per heavy atom. The van der Waals surface area contributed by atoms with Crippen LogP contribution in [0.5, 0.6) is 0 Å². The van der Waals surface area contributed by atoms with Gasteiger partial charge in [-0.1, -0.05) is 35.3 Å². The molecule has 1 heterocycles. The van der Waals surface area contributed by atoms with Crippen LogP contribution in [0.2, 0.25) is 10.0 Å². The third kappa shape index (κ3) is 3.62. The highest BCUT2D eigenvalue weighted by Gasteiger charge is 2.03. The second kappa shape index (κ2) is 6.62. The second-order valence-electron chi connectivity index (χ2n) is 3.97. The van der Waals surface area contributed by atoms with Gasteiger partial charge in [-0.05, 0) is 43.0 Å². The number of H-pyrrole nitrogens is 1. The van der Waals surface area contributed by atoms with Crippen molar-refractivity contribution >= 4 is 29.3 Å². The number of aromatic amines is 1. The fourth-order valence-corrected chi connectivity index (χ4v) is 2.32. The van der Waals surface area contributed by atoms with Gasteiger partial charge < -0.3 is 4.98 Å². The number of nitrogens with one attached hydrogen (secondary N) is 1. The first-order chi connectivity index (χ1) is 8.77. The zero-order chi connectivity index (χ0) is 12.8. The minimum atomic E-state index is 0.748. The Labute approximate surface area is 117 Å². The van der Waals surface area contributed by atoms with Crippen LogP contribution in [0.15, 0.2) is 36.7 Å². The summed E-state index contributed by atoms with van der Waals surface area (Å²) in [6.07, 6.45) is 10.5. The first-order valence-electron chi connectivity index (χ1n) is 5.86. The number of hydrogen-bond donors (Lipinski definition) is 1. The summed E-state index contributed by atoms with van der Waals surface area (Å²) < 4.78 is 0. The number of hydrogen-bond acceptors (Lipinski definition) is 1. The van der Waals surface area contributed by atoms with Crippen LogP contribution in [-0.2, 0) is 6.42 Å². The molecule has 18 heavy (non-hydrogen) atoms. The maximum atomic E-state index is 6.11. The van der Waals surface area contributed by atoms with Gasteiger partial charge in [0.25, 0.3) is 0 Å². The van der Waals surface area contributed by atoms with Gasteiger partial charge >= 0.3 is 0 Å². The van der Waals surface area contributed by atoms with Gasteiger partial charge in [-0.3, -0.25) is 0 Å². The molecule has 0 aliphatic rings. The molecule has 2 rings (SSSR count). The second-order valence-corrected chi connectivity index (χ2v) is 4.78. The number of unbranched alkanes of at least 4 members (excludes halogenated alkanes) is 1. The number of allylic oxidation sites excluding steroid dienone is 1. The smallest absolute Gasteiger partial charge is 0.129 e. The van der Waals surface area contributed by atoms with Gasteiger partial charge in [-0.2, -0.15) is 0 Å². The molecule has 1 aromatic carbocycles. The third-order valence-electron chi connectivity index (χ3n) is 2.65. The van der Waals surface area contributed by atoms with Crippen molar-refractivity contribution in [3.05, 3.63) is 58.1 Å². The lowest BCUT2D eigenvalue weighted by Crippen LogP contribution is -1.88. The molecule has 94 valence electrons. The molecule has 1 N–H and O–H groups in total. The molecular weight excluding hydrogens is 267 g/mol. The highest BCUT2D eigenvalue weighted by molar-refractivity contribution is 6.35. The summed E-state index contributed by atoms with van der Waals surface area (Å²) in [6.45, 7) is 0. The molecule has 0 aliphatic heterocycles. The van der Waals surface area contributed by atoms with Crippen molar-refractivity contribution in [1.29, 1.82) is 0 Å². The van der Waals surface area contributed by atoms with Crippen molar-refractivity contribution in [3.8, 4) is 0 Å². The molecule has 0 bridgehead atoms. The van der Waals surface area contributed by atoms with Crippen LogP contribution in [0.25, 0.3) is 6.08 Å². The molecule has 0 unspecified atom stereocenters. The molecule has 0 fully saturated rings. The van der Waals surface area contributed by atoms with E-state index in [2.05, 4.69) is 16.0 Å². The van der Waals surface area contributed by atoms with Crippen LogP contribution in [0.3, 0.4) is 0 Å². The molecule has 0 atom stereocenters. The van der Waals surface area contributed by atoms with Crippen molar-refractivity contribution in [2.45, 2.75) is 19.3 Å². The Hall–Kier alpha value is -1.25. The lowest BCUT2D eigenvalue weighted by atomic mass is 10.1. The topological polar surface area (TPSA) is 28.7 Å². The first-order valence-corrected chi connectivity index (χ1v) is 6.62. The number of halogens is 2. The van der Waals surface area contributed by atoms with E-state index in [-0.39, 0.29) is 0 Å². The summed E-state index contributed by atoms with van der Waals surface area (Å²) in [5.41, 5.74) is 1.03. The highest BCUT2D eigenvalue weighted by atomic mass is 35.5. The lowest BCUT2D eigenvalue weighted by molar-refractivity contribution is 0.845. The van der Waals surface area contributed by atoms with Crippen LogP contribution in [-0.4, -0.2) is 9.97 Å². The van der Waals surface area contributed by atoms with E-state index >= 15 is 0 Å². The maximum absolute atomic E-state index is 6.11. The minimum absolute atomic E-state index is 0.748. The van der Waals surface area contributed by atoms with E-state index in [4.69, 9.17) is 23.2 Å². The van der Waals surface area contributed by atoms with Gasteiger partial charge in [0.2, 0.25) is 0 Å². The summed E-state index contributed by atoms with van der Waals surface area (Å²) in [5, 5.41) is 1.50. The maximum Gasteiger partial charge on any atom is 0.129 e. The van der Waals surface area contributed by atoms with E-state index < -0.39 is 0 Å². The zero-order valence-corrected chi connectivity index (χ0v) is 11.4. The predicted molar refractivity (Wildman–Crippen MR) is 77.0 cm³/mol. The van der Waals surface area contributed by atoms with E-state index in [1.54, 1.807) is 6.20 Å². The summed E-state index contributed by atoms with van der Waals surface area (Å²) >= 11 is 12.2. The Morgan fingerprint density at radius 2 is 2.00 bits per heavy atom. The number of aromatic nitrogens is 2. The number of imidazole rings is 1. The van der Waals surface area contributed by atoms with Crippen molar-refractivity contribution in [2.75, 3.05) is 0 Å². The van der Waals surface area contributed by atoms with E-state index in [1.165, 1.54) is 0 Å². The van der Waals surface area contributed by atoms with Gasteiger partial charge in [0.1, 0.15) is 5.82 Å². The van der Waals surface area contributed by atoms with Crippen molar-refractivity contribution in [2.24, 2.45) is 0 Å². The molecule has 0 spiro atoms. The molecule has 2 nitrogen and oxygen atoms in total. The van der Waals surface area contributed by atoms with Crippen LogP contribution in [0.1, 0.15) is 24.2 Å². The fourth-order valence-electron chi connectivity index (χ4n) is 1.73. The van der Waals surface area contributed by atoms with Crippen molar-refractivity contribution in [1.82, 2.24) is 9.97 Å². The molecule has 0 saturated carbocycles. The number of benzene rings is 1. The fraction of sp³-hybridized carbons (Fsp3) is 0.214. The molecule has 4 heteroatoms. The average Bonchev–Trinajstić information content (AvgIpc) is 2.85. The Kier molecular flexibility index (Phi) is 4.85. The van der Waals surface area contributed by atoms with E-state index in [1.807, 2.05) is 30.5 Å². The minimum Gasteiger partial charge on any atom is -0.345 e. The first kappa shape index (κ1) is 13.2. The average molecular weight is 281 g/mol. The zero-order valence-electron chi connectivity index (χ0n) is 9.87. The summed E-state index contributed by atoms with van der Waals surface area (Å²) in [4.78, 5) is 7.14. The van der Waals surface area contributed by atoms with Gasteiger partial charge in [-0.25, -0.2) is 4.98 Å². The highest BCUT2D eigenvalue weighted by Crippen LogP contribution is 2.25. The molecule has 0 aliphatic carbocycles. The summed E-state index contributed by atoms with van der Waals surface area (Å²) in [7, 11) is 0. The third-order valence-corrected chi connectivity index (χ3v) is 3.36. The van der Waals surface area contributed by atoms with Crippen LogP contribution in [0.4, 0.5) is 0 Å². The summed E-state index contributed by atoms with van der Waals surface area (Å²) in [6, 6.07) is 5.62. The van der Waals surface area contributed by atoms with Crippen LogP contribution >= 0.6 is 23.2 Å². The Balaban J connectivity index is 1.82. The lowest BCUT2D eigenvalue weighted by Gasteiger charge is -2.05. The van der Waals surface area contributed by atoms with Crippen molar-refractivity contribution < 1.29 is 0 Å². The van der Waals surface area contributed by atoms with Crippen molar-refractivity contribution in [3.63, 3.8) is 0 Å². The molecule has 2 aromatic rings. The number of rotatable bonds is 5. The number of nitrogens with zero attached hydrogens (tertiary/aromatic N) is 1. The van der Waals surface area contributed by atoms with Crippen LogP contribution < -0.4 is 0 Å². The van der Waals surface area contributed by atoms with Gasteiger partial charge in [0.05, 0.1) is 0 Å². The molecule has 0 radical (unpaired) electrons. The van der Waals surface area contributed by atoms with E-state index in [0.717, 1.165) is 40.7 Å². The quantitative estimate of drug-likeness (QED) is 0.787. The van der Waals surface area contributed by atoms with Gasteiger partial charge in [0.15, 0.2) is 0 Å².